The fourth-order valence-corrected chi connectivity index (χ4v) is 4.67. The first-order chi connectivity index (χ1) is 18.5. The van der Waals surface area contributed by atoms with Crippen LogP contribution >= 0.6 is 0 Å². The normalized spacial score (nSPS) is 13.2. The Morgan fingerprint density at radius 2 is 1.89 bits per heavy atom. The Kier molecular flexibility index (Phi) is 6.17. The average molecular weight is 508 g/mol. The van der Waals surface area contributed by atoms with Gasteiger partial charge in [0.05, 0.1) is 17.6 Å². The van der Waals surface area contributed by atoms with Crippen molar-refractivity contribution in [1.82, 2.24) is 19.9 Å². The number of amides is 1. The summed E-state index contributed by atoms with van der Waals surface area (Å²) in [5.74, 6) is -0.224. The quantitative estimate of drug-likeness (QED) is 0.258. The van der Waals surface area contributed by atoms with Crippen molar-refractivity contribution in [3.05, 3.63) is 90.3 Å². The first-order valence-corrected chi connectivity index (χ1v) is 12.5. The van der Waals surface area contributed by atoms with Gasteiger partial charge in [0.1, 0.15) is 11.5 Å². The van der Waals surface area contributed by atoms with Crippen molar-refractivity contribution in [3.63, 3.8) is 0 Å². The van der Waals surface area contributed by atoms with Crippen molar-refractivity contribution in [3.8, 4) is 11.3 Å². The molecule has 0 radical (unpaired) electrons. The summed E-state index contributed by atoms with van der Waals surface area (Å²) >= 11 is 0. The lowest BCUT2D eigenvalue weighted by Gasteiger charge is -2.17. The number of aryl methyl sites for hydroxylation is 1. The molecule has 1 saturated heterocycles. The molecule has 0 spiro atoms. The summed E-state index contributed by atoms with van der Waals surface area (Å²) < 4.78 is 13.5. The van der Waals surface area contributed by atoms with E-state index in [9.17, 15) is 9.18 Å². The van der Waals surface area contributed by atoms with E-state index in [1.807, 2.05) is 43.6 Å². The smallest absolute Gasteiger partial charge is 0.272 e. The molecule has 3 aromatic heterocycles. The lowest BCUT2D eigenvalue weighted by atomic mass is 10.1. The van der Waals surface area contributed by atoms with Crippen LogP contribution in [0, 0.1) is 12.7 Å². The van der Waals surface area contributed by atoms with Crippen molar-refractivity contribution in [2.24, 2.45) is 0 Å². The summed E-state index contributed by atoms with van der Waals surface area (Å²) in [7, 11) is 0. The summed E-state index contributed by atoms with van der Waals surface area (Å²) in [4.78, 5) is 31.8. The maximum Gasteiger partial charge on any atom is 0.272 e. The Balaban J connectivity index is 1.20. The number of fused-ring (bicyclic) bond motifs is 1. The molecule has 38 heavy (non-hydrogen) atoms. The van der Waals surface area contributed by atoms with Crippen LogP contribution in [0.2, 0.25) is 0 Å². The van der Waals surface area contributed by atoms with Gasteiger partial charge in [-0.05, 0) is 73.9 Å². The number of anilines is 4. The number of rotatable bonds is 6. The minimum Gasteiger partial charge on any atom is -0.370 e. The van der Waals surface area contributed by atoms with Crippen LogP contribution in [0.1, 0.15) is 28.9 Å². The summed E-state index contributed by atoms with van der Waals surface area (Å²) in [6, 6.07) is 15.5. The molecule has 190 valence electrons. The van der Waals surface area contributed by atoms with Crippen molar-refractivity contribution in [2.75, 3.05) is 28.6 Å². The molecule has 0 atom stereocenters. The maximum atomic E-state index is 13.5. The molecule has 2 aromatic carbocycles. The number of pyridine rings is 1. The van der Waals surface area contributed by atoms with Gasteiger partial charge in [0.2, 0.25) is 5.95 Å². The molecule has 1 amide bonds. The second kappa shape index (κ2) is 9.93. The number of H-pyrrole nitrogens is 1. The van der Waals surface area contributed by atoms with Crippen LogP contribution in [0.4, 0.5) is 27.4 Å². The van der Waals surface area contributed by atoms with Gasteiger partial charge in [-0.15, -0.1) is 0 Å². The molecule has 0 bridgehead atoms. The van der Waals surface area contributed by atoms with Crippen LogP contribution in [0.15, 0.2) is 73.2 Å². The highest BCUT2D eigenvalue weighted by atomic mass is 19.1. The van der Waals surface area contributed by atoms with Crippen LogP contribution in [0.5, 0.6) is 0 Å². The maximum absolute atomic E-state index is 13.5. The van der Waals surface area contributed by atoms with Gasteiger partial charge < -0.3 is 20.5 Å². The molecule has 1 aliphatic rings. The minimum absolute atomic E-state index is 0.319. The van der Waals surface area contributed by atoms with Crippen LogP contribution in [-0.4, -0.2) is 38.9 Å². The number of hydrogen-bond donors (Lipinski definition) is 3. The van der Waals surface area contributed by atoms with Gasteiger partial charge in [0.25, 0.3) is 5.91 Å². The van der Waals surface area contributed by atoms with E-state index in [1.54, 1.807) is 18.3 Å². The summed E-state index contributed by atoms with van der Waals surface area (Å²) in [6.45, 7) is 4.06. The predicted octanol–water partition coefficient (Wildman–Crippen LogP) is 6.06. The molecule has 4 heterocycles. The number of nitrogens with one attached hydrogen (secondary N) is 3. The zero-order valence-electron chi connectivity index (χ0n) is 20.8. The van der Waals surface area contributed by atoms with Crippen molar-refractivity contribution < 1.29 is 9.18 Å². The Morgan fingerprint density at radius 1 is 1.03 bits per heavy atom. The van der Waals surface area contributed by atoms with Gasteiger partial charge in [-0.2, -0.15) is 0 Å². The number of hydrogen-bond acceptors (Lipinski definition) is 6. The molecule has 3 N–H and O–H groups in total. The van der Waals surface area contributed by atoms with Crippen LogP contribution in [-0.2, 0) is 0 Å². The molecule has 0 saturated carbocycles. The highest BCUT2D eigenvalue weighted by molar-refractivity contribution is 6.06. The molecule has 1 aliphatic heterocycles. The minimum atomic E-state index is -0.348. The van der Waals surface area contributed by atoms with Crippen LogP contribution in [0.25, 0.3) is 22.2 Å². The number of aromatic amines is 1. The van der Waals surface area contributed by atoms with Gasteiger partial charge in [0.15, 0.2) is 0 Å². The zero-order valence-corrected chi connectivity index (χ0v) is 20.8. The third kappa shape index (κ3) is 4.90. The van der Waals surface area contributed by atoms with E-state index < -0.39 is 0 Å². The largest absolute Gasteiger partial charge is 0.370 e. The molecule has 1 fully saturated rings. The fourth-order valence-electron chi connectivity index (χ4n) is 4.67. The molecule has 0 aliphatic carbocycles. The Morgan fingerprint density at radius 3 is 2.76 bits per heavy atom. The van der Waals surface area contributed by atoms with E-state index in [4.69, 9.17) is 4.98 Å². The van der Waals surface area contributed by atoms with E-state index in [1.165, 1.54) is 25.0 Å². The standard InChI is InChI=1S/C29H26FN7O/c1-18-4-6-22(33-28(38)27-14-19-12-21(30)5-7-24(19)34-27)15-26(18)36-29-32-9-8-25(35-29)20-13-23(17-31-16-20)37-10-2-3-11-37/h4-9,12-17,34H,2-3,10-11H2,1H3,(H,33,38)(H,32,35,36). The van der Waals surface area contributed by atoms with E-state index in [0.29, 0.717) is 28.2 Å². The van der Waals surface area contributed by atoms with Gasteiger partial charge in [-0.3, -0.25) is 9.78 Å². The predicted molar refractivity (Wildman–Crippen MR) is 147 cm³/mol. The summed E-state index contributed by atoms with van der Waals surface area (Å²) in [6.07, 6.45) is 7.82. The molecular weight excluding hydrogens is 481 g/mol. The molecule has 5 aromatic rings. The summed E-state index contributed by atoms with van der Waals surface area (Å²) in [5, 5.41) is 6.82. The second-order valence-electron chi connectivity index (χ2n) is 9.41. The highest BCUT2D eigenvalue weighted by Crippen LogP contribution is 2.27. The van der Waals surface area contributed by atoms with Crippen LogP contribution < -0.4 is 15.5 Å². The first kappa shape index (κ1) is 23.6. The zero-order chi connectivity index (χ0) is 26.1. The Labute approximate surface area is 219 Å². The number of halogens is 1. The third-order valence-corrected chi connectivity index (χ3v) is 6.72. The van der Waals surface area contributed by atoms with Crippen molar-refractivity contribution in [1.29, 1.82) is 0 Å². The number of nitrogens with zero attached hydrogens (tertiary/aromatic N) is 4. The molecule has 0 unspecified atom stereocenters. The number of carbonyl (C=O) groups excluding carboxylic acids is 1. The fraction of sp³-hybridized carbons (Fsp3) is 0.172. The Bertz CT molecular complexity index is 1640. The molecular formula is C29H26FN7O. The average Bonchev–Trinajstić information content (AvgIpc) is 3.61. The number of aromatic nitrogens is 4. The van der Waals surface area contributed by atoms with E-state index >= 15 is 0 Å². The van der Waals surface area contributed by atoms with E-state index in [2.05, 4.69) is 36.6 Å². The topological polar surface area (TPSA) is 98.8 Å². The van der Waals surface area contributed by atoms with Crippen molar-refractivity contribution >= 4 is 39.8 Å². The second-order valence-corrected chi connectivity index (χ2v) is 9.41. The van der Waals surface area contributed by atoms with Crippen LogP contribution in [0.3, 0.4) is 0 Å². The SMILES string of the molecule is Cc1ccc(NC(=O)c2cc3cc(F)ccc3[nH]2)cc1Nc1nccc(-c2cncc(N3CCCC3)c2)n1. The van der Waals surface area contributed by atoms with Gasteiger partial charge in [0, 0.05) is 53.3 Å². The third-order valence-electron chi connectivity index (χ3n) is 6.72. The Hall–Kier alpha value is -4.79. The monoisotopic (exact) mass is 507 g/mol. The first-order valence-electron chi connectivity index (χ1n) is 12.5. The lowest BCUT2D eigenvalue weighted by Crippen LogP contribution is -2.17. The lowest BCUT2D eigenvalue weighted by molar-refractivity contribution is 0.102. The van der Waals surface area contributed by atoms with E-state index in [-0.39, 0.29) is 11.7 Å². The number of carbonyl (C=O) groups is 1. The number of benzene rings is 2. The van der Waals surface area contributed by atoms with Gasteiger partial charge in [-0.25, -0.2) is 14.4 Å². The highest BCUT2D eigenvalue weighted by Gasteiger charge is 2.15. The molecule has 8 nitrogen and oxygen atoms in total. The van der Waals surface area contributed by atoms with Gasteiger partial charge in [-0.1, -0.05) is 6.07 Å². The summed E-state index contributed by atoms with van der Waals surface area (Å²) in [5.41, 5.74) is 6.18. The van der Waals surface area contributed by atoms with Gasteiger partial charge >= 0.3 is 0 Å². The molecule has 9 heteroatoms. The van der Waals surface area contributed by atoms with E-state index in [0.717, 1.165) is 41.3 Å². The molecule has 6 rings (SSSR count). The van der Waals surface area contributed by atoms with Crippen molar-refractivity contribution in [2.45, 2.75) is 19.8 Å².